The summed E-state index contributed by atoms with van der Waals surface area (Å²) in [5.41, 5.74) is 6.20. The molecule has 1 unspecified atom stereocenters. The summed E-state index contributed by atoms with van der Waals surface area (Å²) in [7, 11) is 1.98. The number of nitrogens with zero attached hydrogens (tertiary/aromatic N) is 1. The Morgan fingerprint density at radius 2 is 1.65 bits per heavy atom. The molecular formula is C16H29ClN2O. The maximum absolute atomic E-state index is 12.1. The highest BCUT2D eigenvalue weighted by Gasteiger charge is 2.51. The van der Waals surface area contributed by atoms with E-state index in [2.05, 4.69) is 0 Å². The van der Waals surface area contributed by atoms with Gasteiger partial charge in [0.25, 0.3) is 0 Å². The summed E-state index contributed by atoms with van der Waals surface area (Å²) >= 11 is 0. The molecule has 2 N–H and O–H groups in total. The van der Waals surface area contributed by atoms with Gasteiger partial charge in [0.2, 0.25) is 5.91 Å². The van der Waals surface area contributed by atoms with E-state index >= 15 is 0 Å². The normalized spacial score (nSPS) is 39.2. The van der Waals surface area contributed by atoms with Crippen molar-refractivity contribution in [2.75, 3.05) is 13.6 Å². The molecular weight excluding hydrogens is 272 g/mol. The Morgan fingerprint density at radius 1 is 1.20 bits per heavy atom. The van der Waals surface area contributed by atoms with Crippen LogP contribution in [0.15, 0.2) is 0 Å². The lowest BCUT2D eigenvalue weighted by Gasteiger charge is -2.57. The first kappa shape index (κ1) is 16.1. The van der Waals surface area contributed by atoms with Gasteiger partial charge < -0.3 is 10.6 Å². The largest absolute Gasteiger partial charge is 0.345 e. The first-order valence-corrected chi connectivity index (χ1v) is 7.95. The van der Waals surface area contributed by atoms with Crippen molar-refractivity contribution in [3.05, 3.63) is 0 Å². The van der Waals surface area contributed by atoms with Crippen molar-refractivity contribution in [1.82, 2.24) is 4.90 Å². The van der Waals surface area contributed by atoms with Crippen LogP contribution in [0.25, 0.3) is 0 Å². The van der Waals surface area contributed by atoms with Crippen molar-refractivity contribution in [2.45, 2.75) is 57.9 Å². The maximum Gasteiger partial charge on any atom is 0.223 e. The third-order valence-electron chi connectivity index (χ3n) is 5.66. The second kappa shape index (κ2) is 5.84. The number of carbonyl (C=O) groups is 1. The highest BCUT2D eigenvalue weighted by Crippen LogP contribution is 2.60. The van der Waals surface area contributed by atoms with E-state index in [0.717, 1.165) is 24.3 Å². The van der Waals surface area contributed by atoms with E-state index in [1.54, 1.807) is 0 Å². The van der Waals surface area contributed by atoms with Gasteiger partial charge in [-0.3, -0.25) is 4.79 Å². The monoisotopic (exact) mass is 300 g/mol. The molecule has 3 nitrogen and oxygen atoms in total. The Hall–Kier alpha value is -0.280. The van der Waals surface area contributed by atoms with Crippen molar-refractivity contribution in [3.8, 4) is 0 Å². The van der Waals surface area contributed by atoms with E-state index in [9.17, 15) is 4.79 Å². The van der Waals surface area contributed by atoms with Crippen LogP contribution in [-0.2, 0) is 4.79 Å². The zero-order valence-electron chi connectivity index (χ0n) is 12.8. The highest BCUT2D eigenvalue weighted by atomic mass is 35.5. The third-order valence-corrected chi connectivity index (χ3v) is 5.66. The minimum absolute atomic E-state index is 0. The molecule has 4 saturated carbocycles. The second-order valence-corrected chi connectivity index (χ2v) is 7.85. The van der Waals surface area contributed by atoms with Gasteiger partial charge in [-0.15, -0.1) is 12.4 Å². The molecule has 4 aliphatic carbocycles. The van der Waals surface area contributed by atoms with Gasteiger partial charge in [-0.1, -0.05) is 0 Å². The van der Waals surface area contributed by atoms with E-state index in [-0.39, 0.29) is 24.4 Å². The molecule has 4 aliphatic rings. The summed E-state index contributed by atoms with van der Waals surface area (Å²) in [6, 6.07) is -0.0219. The van der Waals surface area contributed by atoms with Crippen LogP contribution in [-0.4, -0.2) is 30.4 Å². The molecule has 0 aliphatic heterocycles. The van der Waals surface area contributed by atoms with Crippen molar-refractivity contribution >= 4 is 18.3 Å². The molecule has 0 spiro atoms. The van der Waals surface area contributed by atoms with E-state index in [1.165, 1.54) is 38.5 Å². The lowest BCUT2D eigenvalue weighted by Crippen LogP contribution is -2.51. The van der Waals surface area contributed by atoms with Crippen LogP contribution in [0.4, 0.5) is 0 Å². The van der Waals surface area contributed by atoms with Gasteiger partial charge in [0.15, 0.2) is 0 Å². The Balaban J connectivity index is 0.00000147. The van der Waals surface area contributed by atoms with Gasteiger partial charge in [0, 0.05) is 26.1 Å². The van der Waals surface area contributed by atoms with Crippen LogP contribution >= 0.6 is 12.4 Å². The molecule has 20 heavy (non-hydrogen) atoms. The van der Waals surface area contributed by atoms with Gasteiger partial charge in [-0.2, -0.15) is 0 Å². The maximum atomic E-state index is 12.1. The number of carbonyl (C=O) groups excluding carboxylic acids is 1. The van der Waals surface area contributed by atoms with Crippen LogP contribution in [0.2, 0.25) is 0 Å². The van der Waals surface area contributed by atoms with Crippen molar-refractivity contribution in [1.29, 1.82) is 0 Å². The Labute approximate surface area is 129 Å². The molecule has 1 amide bonds. The molecule has 4 rings (SSSR count). The zero-order chi connectivity index (χ0) is 13.6. The quantitative estimate of drug-likeness (QED) is 0.868. The smallest absolute Gasteiger partial charge is 0.223 e. The number of hydrogen-bond acceptors (Lipinski definition) is 2. The second-order valence-electron chi connectivity index (χ2n) is 7.85. The fourth-order valence-electron chi connectivity index (χ4n) is 5.51. The molecule has 4 fully saturated rings. The minimum atomic E-state index is -0.0219. The van der Waals surface area contributed by atoms with E-state index in [0.29, 0.717) is 11.8 Å². The number of nitrogens with two attached hydrogens (primary N) is 1. The molecule has 4 bridgehead atoms. The molecule has 0 heterocycles. The first-order chi connectivity index (χ1) is 8.96. The van der Waals surface area contributed by atoms with Crippen LogP contribution < -0.4 is 5.73 Å². The highest BCUT2D eigenvalue weighted by molar-refractivity contribution is 5.85. The summed E-state index contributed by atoms with van der Waals surface area (Å²) in [5.74, 6) is 3.11. The number of halogens is 1. The fraction of sp³-hybridized carbons (Fsp3) is 0.938. The van der Waals surface area contributed by atoms with Crippen LogP contribution in [0, 0.1) is 23.2 Å². The summed E-state index contributed by atoms with van der Waals surface area (Å²) in [6.45, 7) is 2.89. The summed E-state index contributed by atoms with van der Waals surface area (Å²) in [5, 5.41) is 0. The Kier molecular flexibility index (Phi) is 4.70. The van der Waals surface area contributed by atoms with Gasteiger partial charge in [0.05, 0.1) is 0 Å². The summed E-state index contributed by atoms with van der Waals surface area (Å²) < 4.78 is 0. The summed E-state index contributed by atoms with van der Waals surface area (Å²) in [6.07, 6.45) is 9.01. The van der Waals surface area contributed by atoms with Gasteiger partial charge in [0.1, 0.15) is 0 Å². The average molecular weight is 301 g/mol. The van der Waals surface area contributed by atoms with Crippen molar-refractivity contribution in [2.24, 2.45) is 28.9 Å². The van der Waals surface area contributed by atoms with E-state index in [1.807, 2.05) is 18.9 Å². The average Bonchev–Trinajstić information content (AvgIpc) is 2.24. The first-order valence-electron chi connectivity index (χ1n) is 7.95. The number of hydrogen-bond donors (Lipinski definition) is 1. The predicted molar refractivity (Wildman–Crippen MR) is 83.8 cm³/mol. The molecule has 4 heteroatoms. The molecule has 0 saturated heterocycles. The predicted octanol–water partition coefficient (Wildman–Crippen LogP) is 2.82. The fourth-order valence-corrected chi connectivity index (χ4v) is 5.51. The Morgan fingerprint density at radius 3 is 2.05 bits per heavy atom. The zero-order valence-corrected chi connectivity index (χ0v) is 13.6. The van der Waals surface area contributed by atoms with Crippen LogP contribution in [0.3, 0.4) is 0 Å². The lowest BCUT2D eigenvalue weighted by atomic mass is 9.49. The topological polar surface area (TPSA) is 46.3 Å². The van der Waals surface area contributed by atoms with Gasteiger partial charge in [-0.05, 0) is 68.6 Å². The Bertz CT molecular complexity index is 334. The lowest BCUT2D eigenvalue weighted by molar-refractivity contribution is -0.135. The SMILES string of the molecule is CC(N)CC(=O)N(C)CC12CC3CC(CC(C3)C1)C2.Cl. The van der Waals surface area contributed by atoms with Gasteiger partial charge in [-0.25, -0.2) is 0 Å². The molecule has 0 radical (unpaired) electrons. The standard InChI is InChI=1S/C16H28N2O.ClH/c1-11(17)3-15(19)18(2)10-16-7-12-4-13(8-16)6-14(5-12)9-16;/h11-14H,3-10,17H2,1-2H3;1H. The summed E-state index contributed by atoms with van der Waals surface area (Å²) in [4.78, 5) is 14.1. The molecule has 1 atom stereocenters. The van der Waals surface area contributed by atoms with Crippen LogP contribution in [0.5, 0.6) is 0 Å². The number of amides is 1. The molecule has 0 aromatic rings. The third kappa shape index (κ3) is 3.14. The molecule has 0 aromatic heterocycles. The van der Waals surface area contributed by atoms with Crippen molar-refractivity contribution in [3.63, 3.8) is 0 Å². The van der Waals surface area contributed by atoms with E-state index < -0.39 is 0 Å². The minimum Gasteiger partial charge on any atom is -0.345 e. The van der Waals surface area contributed by atoms with Gasteiger partial charge >= 0.3 is 0 Å². The number of rotatable bonds is 4. The van der Waals surface area contributed by atoms with E-state index in [4.69, 9.17) is 5.73 Å². The molecule has 0 aromatic carbocycles. The van der Waals surface area contributed by atoms with Crippen molar-refractivity contribution < 1.29 is 4.79 Å². The van der Waals surface area contributed by atoms with Crippen LogP contribution in [0.1, 0.15) is 51.9 Å². The molecule has 116 valence electrons.